The van der Waals surface area contributed by atoms with Gasteiger partial charge in [-0.25, -0.2) is 15.0 Å². The number of carbonyl (C=O) groups is 2. The van der Waals surface area contributed by atoms with Crippen molar-refractivity contribution in [3.05, 3.63) is 42.2 Å². The highest BCUT2D eigenvalue weighted by atomic mass is 16.2. The number of hydrogen-bond donors (Lipinski definition) is 3. The fraction of sp³-hybridized carbons (Fsp3) is 0.409. The summed E-state index contributed by atoms with van der Waals surface area (Å²) in [4.78, 5) is 44.0. The fourth-order valence-corrected chi connectivity index (χ4v) is 3.37. The van der Waals surface area contributed by atoms with Crippen LogP contribution in [0, 0.1) is 5.41 Å². The molecule has 10 nitrogen and oxygen atoms in total. The van der Waals surface area contributed by atoms with Crippen LogP contribution in [0.5, 0.6) is 0 Å². The molecule has 0 saturated heterocycles. The summed E-state index contributed by atoms with van der Waals surface area (Å²) < 4.78 is 0. The van der Waals surface area contributed by atoms with E-state index in [0.717, 1.165) is 31.4 Å². The average molecular weight is 435 g/mol. The van der Waals surface area contributed by atoms with Crippen molar-refractivity contribution < 1.29 is 9.59 Å². The molecule has 2 aliphatic rings. The minimum Gasteiger partial charge on any atom is -0.351 e. The zero-order valence-electron chi connectivity index (χ0n) is 18.1. The van der Waals surface area contributed by atoms with Crippen molar-refractivity contribution in [1.29, 1.82) is 5.41 Å². The van der Waals surface area contributed by atoms with Gasteiger partial charge in [0.25, 0.3) is 11.8 Å². The Morgan fingerprint density at radius 1 is 1.22 bits per heavy atom. The van der Waals surface area contributed by atoms with Gasteiger partial charge in [-0.15, -0.1) is 0 Å². The number of hydrogen-bond acceptors (Lipinski definition) is 8. The normalized spacial score (nSPS) is 16.4. The Balaban J connectivity index is 1.57. The topological polar surface area (TPSA) is 136 Å². The van der Waals surface area contributed by atoms with E-state index in [1.165, 1.54) is 19.6 Å². The first-order valence-electron chi connectivity index (χ1n) is 10.6. The van der Waals surface area contributed by atoms with Gasteiger partial charge in [0.05, 0.1) is 23.8 Å². The predicted molar refractivity (Wildman–Crippen MR) is 121 cm³/mol. The first-order chi connectivity index (χ1) is 15.5. The number of carbonyl (C=O) groups excluding carboxylic acids is 2. The minimum atomic E-state index is -0.958. The maximum atomic E-state index is 13.3. The Morgan fingerprint density at radius 3 is 2.56 bits per heavy atom. The molecular weight excluding hydrogens is 408 g/mol. The lowest BCUT2D eigenvalue weighted by atomic mass is 10.1. The van der Waals surface area contributed by atoms with E-state index >= 15 is 0 Å². The van der Waals surface area contributed by atoms with Gasteiger partial charge in [0.1, 0.15) is 18.1 Å². The molecule has 2 aliphatic carbocycles. The molecule has 1 atom stereocenters. The average Bonchev–Trinajstić information content (AvgIpc) is 3.71. The van der Waals surface area contributed by atoms with Crippen LogP contribution in [-0.4, -0.2) is 69.8 Å². The Bertz CT molecular complexity index is 1050. The number of pyridine rings is 1. The summed E-state index contributed by atoms with van der Waals surface area (Å²) in [5, 5.41) is 14.2. The lowest BCUT2D eigenvalue weighted by molar-refractivity contribution is -0.123. The van der Waals surface area contributed by atoms with Crippen LogP contribution in [0.15, 0.2) is 35.8 Å². The molecule has 0 spiro atoms. The number of aliphatic imine (C=N–C) groups is 1. The van der Waals surface area contributed by atoms with E-state index in [1.807, 2.05) is 12.1 Å². The molecular formula is C22H26N8O2. The molecule has 166 valence electrons. The highest BCUT2D eigenvalue weighted by molar-refractivity contribution is 6.43. The van der Waals surface area contributed by atoms with Crippen molar-refractivity contribution in [3.8, 4) is 0 Å². The number of amides is 2. The Labute approximate surface area is 186 Å². The first-order valence-corrected chi connectivity index (χ1v) is 10.6. The lowest BCUT2D eigenvalue weighted by Gasteiger charge is -2.21. The van der Waals surface area contributed by atoms with Crippen LogP contribution in [0.3, 0.4) is 0 Å². The third-order valence-electron chi connectivity index (χ3n) is 5.51. The van der Waals surface area contributed by atoms with Gasteiger partial charge in [-0.1, -0.05) is 0 Å². The van der Waals surface area contributed by atoms with E-state index in [1.54, 1.807) is 24.3 Å². The molecule has 2 saturated carbocycles. The molecule has 2 fully saturated rings. The number of anilines is 2. The molecule has 2 aromatic heterocycles. The van der Waals surface area contributed by atoms with Crippen LogP contribution in [0.4, 0.5) is 11.4 Å². The third kappa shape index (κ3) is 4.96. The Hall–Kier alpha value is -3.69. The summed E-state index contributed by atoms with van der Waals surface area (Å²) in [7, 11) is 3.22. The highest BCUT2D eigenvalue weighted by Gasteiger charge is 2.34. The summed E-state index contributed by atoms with van der Waals surface area (Å²) in [5.74, 6) is -0.559. The van der Waals surface area contributed by atoms with Gasteiger partial charge < -0.3 is 15.5 Å². The van der Waals surface area contributed by atoms with Gasteiger partial charge in [-0.3, -0.25) is 20.0 Å². The number of nitrogens with zero attached hydrogens (tertiary/aromatic N) is 5. The summed E-state index contributed by atoms with van der Waals surface area (Å²) >= 11 is 0. The molecule has 0 radical (unpaired) electrons. The van der Waals surface area contributed by atoms with Crippen molar-refractivity contribution in [3.63, 3.8) is 0 Å². The summed E-state index contributed by atoms with van der Waals surface area (Å²) in [6.07, 6.45) is 9.96. The van der Waals surface area contributed by atoms with Crippen LogP contribution in [0.1, 0.15) is 47.8 Å². The number of nitrogens with one attached hydrogen (secondary N) is 3. The minimum absolute atomic E-state index is 0.165. The predicted octanol–water partition coefficient (Wildman–Crippen LogP) is 1.93. The largest absolute Gasteiger partial charge is 0.351 e. The van der Waals surface area contributed by atoms with Crippen LogP contribution in [0.25, 0.3) is 0 Å². The van der Waals surface area contributed by atoms with Gasteiger partial charge in [-0.2, -0.15) is 0 Å². The second kappa shape index (κ2) is 9.21. The summed E-state index contributed by atoms with van der Waals surface area (Å²) in [6.45, 7) is 0. The zero-order chi connectivity index (χ0) is 22.7. The van der Waals surface area contributed by atoms with Gasteiger partial charge >= 0.3 is 0 Å². The quantitative estimate of drug-likeness (QED) is 0.516. The van der Waals surface area contributed by atoms with Crippen LogP contribution >= 0.6 is 0 Å². The van der Waals surface area contributed by atoms with Crippen molar-refractivity contribution in [2.75, 3.05) is 19.4 Å². The van der Waals surface area contributed by atoms with Crippen LogP contribution < -0.4 is 10.6 Å². The van der Waals surface area contributed by atoms with Crippen molar-refractivity contribution >= 4 is 35.1 Å². The van der Waals surface area contributed by atoms with E-state index in [2.05, 4.69) is 30.6 Å². The maximum absolute atomic E-state index is 13.3. The van der Waals surface area contributed by atoms with Crippen LogP contribution in [-0.2, 0) is 4.79 Å². The molecule has 2 amide bonds. The van der Waals surface area contributed by atoms with E-state index < -0.39 is 17.9 Å². The zero-order valence-corrected chi connectivity index (χ0v) is 18.1. The maximum Gasteiger partial charge on any atom is 0.272 e. The van der Waals surface area contributed by atoms with Crippen molar-refractivity contribution in [2.24, 2.45) is 4.99 Å². The highest BCUT2D eigenvalue weighted by Crippen LogP contribution is 2.39. The summed E-state index contributed by atoms with van der Waals surface area (Å²) in [5.41, 5.74) is 1.90. The molecule has 2 aromatic rings. The second-order valence-electron chi connectivity index (χ2n) is 8.08. The van der Waals surface area contributed by atoms with Gasteiger partial charge in [0, 0.05) is 38.0 Å². The van der Waals surface area contributed by atoms with Gasteiger partial charge in [0.2, 0.25) is 0 Å². The van der Waals surface area contributed by atoms with E-state index in [-0.39, 0.29) is 17.4 Å². The number of aromatic nitrogens is 3. The van der Waals surface area contributed by atoms with E-state index in [4.69, 9.17) is 5.41 Å². The molecule has 0 aromatic carbocycles. The second-order valence-corrected chi connectivity index (χ2v) is 8.08. The smallest absolute Gasteiger partial charge is 0.272 e. The van der Waals surface area contributed by atoms with E-state index in [9.17, 15) is 9.59 Å². The molecule has 2 heterocycles. The SMILES string of the molecule is CN=CC(NC(=O)c1nc(C2CC2)ccc1Nc1cncnc1)C(=N)C(=O)N(C)C1CC1. The molecule has 3 N–H and O–H groups in total. The first kappa shape index (κ1) is 21.5. The molecule has 10 heteroatoms. The van der Waals surface area contributed by atoms with Crippen LogP contribution in [0.2, 0.25) is 0 Å². The molecule has 0 aliphatic heterocycles. The van der Waals surface area contributed by atoms with Gasteiger partial charge in [-0.05, 0) is 37.8 Å². The molecule has 4 rings (SSSR count). The van der Waals surface area contributed by atoms with E-state index in [0.29, 0.717) is 17.3 Å². The van der Waals surface area contributed by atoms with Crippen molar-refractivity contribution in [2.45, 2.75) is 43.7 Å². The number of rotatable bonds is 9. The lowest BCUT2D eigenvalue weighted by Crippen LogP contribution is -2.49. The fourth-order valence-electron chi connectivity index (χ4n) is 3.37. The van der Waals surface area contributed by atoms with Gasteiger partial charge in [0.15, 0.2) is 5.69 Å². The molecule has 0 bridgehead atoms. The molecule has 32 heavy (non-hydrogen) atoms. The Morgan fingerprint density at radius 2 is 1.94 bits per heavy atom. The van der Waals surface area contributed by atoms with Crippen molar-refractivity contribution in [1.82, 2.24) is 25.2 Å². The Kier molecular flexibility index (Phi) is 6.20. The monoisotopic (exact) mass is 434 g/mol. The standard InChI is InChI=1S/C22H26N8O2/c1-24-11-18(19(23)22(32)30(2)15-5-6-15)29-21(31)20-17(27-14-9-25-12-26-10-14)8-7-16(28-20)13-3-4-13/h7-13,15,18,23,27H,3-6H2,1-2H3,(H,29,31). The molecule has 1 unspecified atom stereocenters. The summed E-state index contributed by atoms with van der Waals surface area (Å²) in [6, 6.07) is 2.92. The third-order valence-corrected chi connectivity index (χ3v) is 5.51.